The highest BCUT2D eigenvalue weighted by atomic mass is 79.9. The summed E-state index contributed by atoms with van der Waals surface area (Å²) in [5.41, 5.74) is 0. The van der Waals surface area contributed by atoms with Crippen LogP contribution >= 0.6 is 70.8 Å². The van der Waals surface area contributed by atoms with Crippen LogP contribution in [-0.4, -0.2) is 10.7 Å². The lowest BCUT2D eigenvalue weighted by Gasteiger charge is -1.98. The number of halogens is 5. The van der Waals surface area contributed by atoms with Crippen molar-refractivity contribution in [2.24, 2.45) is 0 Å². The van der Waals surface area contributed by atoms with Gasteiger partial charge in [0.25, 0.3) is 0 Å². The molecule has 0 aliphatic heterocycles. The van der Waals surface area contributed by atoms with E-state index in [1.165, 1.54) is 55.6 Å². The molecule has 0 unspecified atom stereocenters. The monoisotopic (exact) mass is 436 g/mol. The fourth-order valence-electron chi connectivity index (χ4n) is 1.07. The Bertz CT molecular complexity index is 162. The van der Waals surface area contributed by atoms with Gasteiger partial charge < -0.3 is 0 Å². The van der Waals surface area contributed by atoms with E-state index in [1.807, 2.05) is 0 Å². The van der Waals surface area contributed by atoms with Gasteiger partial charge in [-0.15, -0.1) is 0 Å². The average molecular weight is 439 g/mol. The SMILES string of the molecule is BrCCCCCCCCCBr.O=P(Cl)(Cl)Cl. The fourth-order valence-corrected chi connectivity index (χ4v) is 1.87. The van der Waals surface area contributed by atoms with Crippen LogP contribution in [0.4, 0.5) is 0 Å². The highest BCUT2D eigenvalue weighted by Gasteiger charge is 2.02. The minimum absolute atomic E-state index is 1.18. The molecule has 0 atom stereocenters. The summed E-state index contributed by atoms with van der Waals surface area (Å²) in [5.74, 6) is 0. The van der Waals surface area contributed by atoms with Gasteiger partial charge in [0.2, 0.25) is 0 Å². The Balaban J connectivity index is 0. The normalized spacial score (nSPS) is 10.8. The lowest BCUT2D eigenvalue weighted by Crippen LogP contribution is -1.81. The first-order valence-electron chi connectivity index (χ1n) is 5.22. The number of hydrogen-bond donors (Lipinski definition) is 0. The van der Waals surface area contributed by atoms with E-state index in [9.17, 15) is 4.57 Å². The molecule has 16 heavy (non-hydrogen) atoms. The topological polar surface area (TPSA) is 17.1 Å². The maximum Gasteiger partial charge on any atom is 0.339 e. The van der Waals surface area contributed by atoms with Crippen LogP contribution in [0.15, 0.2) is 0 Å². The summed E-state index contributed by atoms with van der Waals surface area (Å²) < 4.78 is 9.51. The summed E-state index contributed by atoms with van der Waals surface area (Å²) in [6, 6.07) is 0. The average Bonchev–Trinajstić information content (AvgIpc) is 2.14. The molecule has 0 N–H and O–H groups in total. The zero-order chi connectivity index (χ0) is 12.9. The van der Waals surface area contributed by atoms with E-state index in [1.54, 1.807) is 0 Å². The Morgan fingerprint density at radius 2 is 0.875 bits per heavy atom. The van der Waals surface area contributed by atoms with Crippen molar-refractivity contribution in [2.75, 3.05) is 10.7 Å². The van der Waals surface area contributed by atoms with Crippen LogP contribution in [0.3, 0.4) is 0 Å². The largest absolute Gasteiger partial charge is 0.339 e. The molecule has 0 aliphatic rings. The minimum atomic E-state index is -3.22. The standard InChI is InChI=1S/C9H18Br2.Cl3OP/c10-8-6-4-2-1-3-5-7-9-11;1-5(2,3)4/h1-9H2;. The van der Waals surface area contributed by atoms with Gasteiger partial charge in [0.1, 0.15) is 0 Å². The second kappa shape index (κ2) is 15.1. The maximum absolute atomic E-state index is 9.51. The fraction of sp³-hybridized carbons (Fsp3) is 1.00. The zero-order valence-corrected chi connectivity index (χ0v) is 15.4. The molecule has 0 radical (unpaired) electrons. The first-order valence-corrected chi connectivity index (χ1v) is 11.9. The first kappa shape index (κ1) is 20.4. The molecule has 0 aromatic rings. The third kappa shape index (κ3) is 36.0. The van der Waals surface area contributed by atoms with Crippen molar-refractivity contribution in [2.45, 2.75) is 44.9 Å². The smallest absolute Gasteiger partial charge is 0.271 e. The highest BCUT2D eigenvalue weighted by molar-refractivity contribution is 9.09. The molecule has 0 saturated carbocycles. The molecule has 100 valence electrons. The number of unbranched alkanes of at least 4 members (excludes halogenated alkanes) is 6. The molecule has 0 spiro atoms. The van der Waals surface area contributed by atoms with Crippen molar-refractivity contribution in [3.8, 4) is 0 Å². The van der Waals surface area contributed by atoms with Crippen molar-refractivity contribution in [3.63, 3.8) is 0 Å². The van der Waals surface area contributed by atoms with Crippen molar-refractivity contribution in [1.29, 1.82) is 0 Å². The Morgan fingerprint density at radius 3 is 1.06 bits per heavy atom. The van der Waals surface area contributed by atoms with Gasteiger partial charge in [0, 0.05) is 10.7 Å². The Hall–Kier alpha value is 2.06. The van der Waals surface area contributed by atoms with Crippen LogP contribution in [-0.2, 0) is 4.57 Å². The quantitative estimate of drug-likeness (QED) is 0.220. The van der Waals surface area contributed by atoms with Crippen LogP contribution in [0.2, 0.25) is 0 Å². The lowest BCUT2D eigenvalue weighted by atomic mass is 10.1. The lowest BCUT2D eigenvalue weighted by molar-refractivity contribution is 0.600. The predicted octanol–water partition coefficient (Wildman–Crippen LogP) is 7.32. The molecule has 0 heterocycles. The van der Waals surface area contributed by atoms with Gasteiger partial charge in [-0.3, -0.25) is 4.57 Å². The van der Waals surface area contributed by atoms with Gasteiger partial charge in [-0.05, 0) is 46.6 Å². The molecule has 0 rings (SSSR count). The van der Waals surface area contributed by atoms with Gasteiger partial charge in [0.05, 0.1) is 0 Å². The van der Waals surface area contributed by atoms with Crippen LogP contribution in [0.1, 0.15) is 44.9 Å². The van der Waals surface area contributed by atoms with Crippen LogP contribution in [0, 0.1) is 0 Å². The van der Waals surface area contributed by atoms with E-state index in [2.05, 4.69) is 65.6 Å². The Morgan fingerprint density at radius 1 is 0.688 bits per heavy atom. The van der Waals surface area contributed by atoms with Gasteiger partial charge in [-0.1, -0.05) is 64.0 Å². The third-order valence-corrected chi connectivity index (χ3v) is 2.89. The predicted molar refractivity (Wildman–Crippen MR) is 85.1 cm³/mol. The summed E-state index contributed by atoms with van der Waals surface area (Å²) in [6.45, 7) is 0. The first-order chi connectivity index (χ1) is 7.41. The van der Waals surface area contributed by atoms with E-state index in [0.717, 1.165) is 0 Å². The number of alkyl halides is 2. The maximum atomic E-state index is 9.51. The minimum Gasteiger partial charge on any atom is -0.271 e. The summed E-state index contributed by atoms with van der Waals surface area (Å²) in [4.78, 5) is 0. The van der Waals surface area contributed by atoms with Crippen LogP contribution in [0.25, 0.3) is 0 Å². The van der Waals surface area contributed by atoms with Crippen molar-refractivity contribution in [3.05, 3.63) is 0 Å². The van der Waals surface area contributed by atoms with Gasteiger partial charge in [-0.25, -0.2) is 0 Å². The summed E-state index contributed by atoms with van der Waals surface area (Å²) in [7, 11) is 0. The third-order valence-electron chi connectivity index (χ3n) is 1.77. The van der Waals surface area contributed by atoms with Gasteiger partial charge >= 0.3 is 5.20 Å². The summed E-state index contributed by atoms with van der Waals surface area (Å²) in [5, 5.41) is -0.872. The second-order valence-electron chi connectivity index (χ2n) is 3.25. The molecule has 0 fully saturated rings. The van der Waals surface area contributed by atoms with Crippen molar-refractivity contribution < 1.29 is 4.57 Å². The molecule has 0 amide bonds. The van der Waals surface area contributed by atoms with Crippen LogP contribution in [0.5, 0.6) is 0 Å². The summed E-state index contributed by atoms with van der Waals surface area (Å²) >= 11 is 20.7. The molecule has 0 aliphatic carbocycles. The van der Waals surface area contributed by atoms with Crippen molar-refractivity contribution in [1.82, 2.24) is 0 Å². The van der Waals surface area contributed by atoms with E-state index in [4.69, 9.17) is 0 Å². The molecule has 7 heteroatoms. The van der Waals surface area contributed by atoms with Crippen LogP contribution < -0.4 is 0 Å². The molecule has 0 aromatic heterocycles. The van der Waals surface area contributed by atoms with E-state index < -0.39 is 5.20 Å². The highest BCUT2D eigenvalue weighted by Crippen LogP contribution is 2.61. The molecule has 0 saturated heterocycles. The summed E-state index contributed by atoms with van der Waals surface area (Å²) in [6.07, 6.45) is 9.78. The number of rotatable bonds is 8. The van der Waals surface area contributed by atoms with E-state index in [-0.39, 0.29) is 0 Å². The van der Waals surface area contributed by atoms with Crippen molar-refractivity contribution >= 4 is 70.8 Å². The molecule has 1 nitrogen and oxygen atoms in total. The Labute approximate surface area is 130 Å². The van der Waals surface area contributed by atoms with Gasteiger partial charge in [-0.2, -0.15) is 0 Å². The van der Waals surface area contributed by atoms with Gasteiger partial charge in [0.15, 0.2) is 0 Å². The van der Waals surface area contributed by atoms with E-state index >= 15 is 0 Å². The van der Waals surface area contributed by atoms with E-state index in [0.29, 0.717) is 0 Å². The Kier molecular flexibility index (Phi) is 19.3. The zero-order valence-electron chi connectivity index (χ0n) is 9.11. The molecular weight excluding hydrogens is 421 g/mol. The number of hydrogen-bond acceptors (Lipinski definition) is 1. The second-order valence-corrected chi connectivity index (χ2v) is 11.5. The molecule has 0 aromatic carbocycles. The molecule has 0 bridgehead atoms. The molecular formula is C9H18Br2Cl3OP.